The number of aromatic nitrogens is 2. The van der Waals surface area contributed by atoms with Gasteiger partial charge in [-0.15, -0.1) is 0 Å². The van der Waals surface area contributed by atoms with Gasteiger partial charge in [0.1, 0.15) is 11.5 Å². The number of likely N-dealkylation sites (N-methyl/N-ethyl adjacent to an activating group) is 1. The lowest BCUT2D eigenvalue weighted by atomic mass is 10.0. The number of piperazine rings is 1. The number of hydrogen-bond donors (Lipinski definition) is 2. The van der Waals surface area contributed by atoms with Crippen molar-refractivity contribution in [2.45, 2.75) is 6.10 Å². The van der Waals surface area contributed by atoms with Gasteiger partial charge >= 0.3 is 0 Å². The first-order valence-corrected chi connectivity index (χ1v) is 12.2. The van der Waals surface area contributed by atoms with E-state index in [-0.39, 0.29) is 11.7 Å². The molecule has 2 aromatic carbocycles. The average molecular weight is 486 g/mol. The summed E-state index contributed by atoms with van der Waals surface area (Å²) in [5, 5.41) is 10.4. The molecule has 36 heavy (non-hydrogen) atoms. The highest BCUT2D eigenvalue weighted by Gasteiger charge is 2.29. The molecule has 0 bridgehead atoms. The number of benzene rings is 2. The summed E-state index contributed by atoms with van der Waals surface area (Å²) in [6, 6.07) is 14.9. The van der Waals surface area contributed by atoms with Crippen LogP contribution in [0, 0.1) is 5.82 Å². The third kappa shape index (κ3) is 4.12. The quantitative estimate of drug-likeness (QED) is 0.462. The van der Waals surface area contributed by atoms with Crippen LogP contribution < -0.4 is 4.90 Å². The summed E-state index contributed by atoms with van der Waals surface area (Å²) < 4.78 is 15.1. The fraction of sp³-hybridized carbons (Fsp3) is 0.286. The minimum Gasteiger partial charge on any atom is -0.389 e. The van der Waals surface area contributed by atoms with Crippen molar-refractivity contribution in [3.05, 3.63) is 72.3 Å². The van der Waals surface area contributed by atoms with Crippen molar-refractivity contribution < 1.29 is 14.3 Å². The van der Waals surface area contributed by atoms with E-state index in [1.165, 1.54) is 0 Å². The zero-order chi connectivity index (χ0) is 24.8. The smallest absolute Gasteiger partial charge is 0.254 e. The maximum absolute atomic E-state index is 15.1. The van der Waals surface area contributed by atoms with Crippen LogP contribution in [0.3, 0.4) is 0 Å². The molecular weight excluding hydrogens is 457 g/mol. The van der Waals surface area contributed by atoms with E-state index in [0.29, 0.717) is 24.3 Å². The Morgan fingerprint density at radius 2 is 1.72 bits per heavy atom. The van der Waals surface area contributed by atoms with Crippen LogP contribution >= 0.6 is 0 Å². The predicted octanol–water partition coefficient (Wildman–Crippen LogP) is 3.60. The Morgan fingerprint density at radius 1 is 1.00 bits per heavy atom. The number of aromatic amines is 1. The van der Waals surface area contributed by atoms with E-state index < -0.39 is 6.10 Å². The van der Waals surface area contributed by atoms with Crippen LogP contribution in [0.25, 0.3) is 33.3 Å². The van der Waals surface area contributed by atoms with Crippen molar-refractivity contribution in [1.29, 1.82) is 0 Å². The molecular formula is C28H28FN5O2. The number of nitrogens with one attached hydrogen (secondary N) is 1. The number of amides is 1. The number of carbonyl (C=O) groups is 1. The van der Waals surface area contributed by atoms with Crippen molar-refractivity contribution in [1.82, 2.24) is 19.8 Å². The third-order valence-electron chi connectivity index (χ3n) is 7.25. The number of fused-ring (bicyclic) bond motifs is 1. The van der Waals surface area contributed by atoms with Gasteiger partial charge in [-0.25, -0.2) is 9.37 Å². The number of likely N-dealkylation sites (tertiary alicyclic amines) is 1. The Hall–Kier alpha value is -3.75. The maximum atomic E-state index is 15.1. The number of aliphatic hydroxyl groups is 1. The highest BCUT2D eigenvalue weighted by molar-refractivity contribution is 5.98. The number of carbonyl (C=O) groups excluding carboxylic acids is 1. The van der Waals surface area contributed by atoms with Crippen LogP contribution in [0.4, 0.5) is 10.1 Å². The largest absolute Gasteiger partial charge is 0.389 e. The number of rotatable bonds is 4. The second kappa shape index (κ2) is 9.04. The Balaban J connectivity index is 1.27. The zero-order valence-electron chi connectivity index (χ0n) is 20.1. The van der Waals surface area contributed by atoms with E-state index in [1.807, 2.05) is 48.7 Å². The molecule has 0 aliphatic carbocycles. The van der Waals surface area contributed by atoms with Gasteiger partial charge in [0.25, 0.3) is 5.91 Å². The lowest BCUT2D eigenvalue weighted by Gasteiger charge is -2.35. The molecule has 4 aromatic rings. The van der Waals surface area contributed by atoms with Crippen molar-refractivity contribution in [3.8, 4) is 22.3 Å². The van der Waals surface area contributed by atoms with Crippen molar-refractivity contribution in [2.75, 3.05) is 51.2 Å². The van der Waals surface area contributed by atoms with Gasteiger partial charge in [0.2, 0.25) is 0 Å². The Bertz CT molecular complexity index is 1420. The maximum Gasteiger partial charge on any atom is 0.254 e. The predicted molar refractivity (Wildman–Crippen MR) is 139 cm³/mol. The summed E-state index contributed by atoms with van der Waals surface area (Å²) in [5.74, 6) is -0.293. The monoisotopic (exact) mass is 485 g/mol. The lowest BCUT2D eigenvalue weighted by Crippen LogP contribution is -2.53. The number of hydrogen-bond acceptors (Lipinski definition) is 5. The van der Waals surface area contributed by atoms with E-state index in [9.17, 15) is 9.90 Å². The minimum atomic E-state index is -0.419. The fourth-order valence-corrected chi connectivity index (χ4v) is 4.99. The zero-order valence-corrected chi connectivity index (χ0v) is 20.1. The van der Waals surface area contributed by atoms with Gasteiger partial charge in [0.15, 0.2) is 0 Å². The normalized spacial score (nSPS) is 17.0. The van der Waals surface area contributed by atoms with Gasteiger partial charge in [-0.2, -0.15) is 0 Å². The average Bonchev–Trinajstić information content (AvgIpc) is 3.30. The highest BCUT2D eigenvalue weighted by atomic mass is 19.1. The van der Waals surface area contributed by atoms with Crippen LogP contribution in [0.1, 0.15) is 10.4 Å². The number of aliphatic hydroxyl groups excluding tert-OH is 1. The molecule has 2 saturated heterocycles. The first-order valence-electron chi connectivity index (χ1n) is 12.2. The molecule has 2 aliphatic heterocycles. The molecule has 2 aliphatic rings. The molecule has 0 spiro atoms. The molecule has 0 radical (unpaired) electrons. The van der Waals surface area contributed by atoms with Gasteiger partial charge in [-0.1, -0.05) is 18.2 Å². The van der Waals surface area contributed by atoms with E-state index in [0.717, 1.165) is 59.5 Å². The number of halogens is 1. The van der Waals surface area contributed by atoms with Gasteiger partial charge < -0.3 is 24.8 Å². The van der Waals surface area contributed by atoms with Crippen LogP contribution in [0.5, 0.6) is 0 Å². The first kappa shape index (κ1) is 22.7. The molecule has 0 unspecified atom stereocenters. The third-order valence-corrected chi connectivity index (χ3v) is 7.25. The van der Waals surface area contributed by atoms with E-state index >= 15 is 4.39 Å². The molecule has 2 aromatic heterocycles. The summed E-state index contributed by atoms with van der Waals surface area (Å²) in [7, 11) is 2.09. The minimum absolute atomic E-state index is 0.0724. The summed E-state index contributed by atoms with van der Waals surface area (Å²) in [5.41, 5.74) is 5.54. The Kier molecular flexibility index (Phi) is 5.70. The standard InChI is InChI=1S/C28H28FN5O2/c1-32-8-10-33(11-9-32)26-7-6-20(13-25(26)29)21-12-23-24(15-31-27(23)30-14-21)18-2-4-19(5-3-18)28(36)34-16-22(35)17-34/h2-7,12-15,22,35H,8-11,16-17H2,1H3,(H,30,31). The molecule has 184 valence electrons. The molecule has 0 atom stereocenters. The van der Waals surface area contributed by atoms with Crippen molar-refractivity contribution in [3.63, 3.8) is 0 Å². The molecule has 2 N–H and O–H groups in total. The van der Waals surface area contributed by atoms with E-state index in [2.05, 4.69) is 26.8 Å². The number of β-amino-alcohol motifs (C(OH)–C–C–N with tert-alkyl or cyclic N) is 1. The van der Waals surface area contributed by atoms with E-state index in [4.69, 9.17) is 0 Å². The highest BCUT2D eigenvalue weighted by Crippen LogP contribution is 2.33. The van der Waals surface area contributed by atoms with E-state index in [1.54, 1.807) is 17.2 Å². The van der Waals surface area contributed by atoms with Gasteiger partial charge in [0.05, 0.1) is 11.8 Å². The van der Waals surface area contributed by atoms with Gasteiger partial charge in [0, 0.05) is 73.7 Å². The number of H-pyrrole nitrogens is 1. The number of anilines is 1. The molecule has 0 saturated carbocycles. The van der Waals surface area contributed by atoms with Crippen LogP contribution in [0.2, 0.25) is 0 Å². The van der Waals surface area contributed by atoms with Crippen LogP contribution in [-0.2, 0) is 0 Å². The second-order valence-corrected chi connectivity index (χ2v) is 9.72. The topological polar surface area (TPSA) is 75.7 Å². The van der Waals surface area contributed by atoms with Gasteiger partial charge in [-0.05, 0) is 48.5 Å². The molecule has 1 amide bonds. The summed E-state index contributed by atoms with van der Waals surface area (Å²) in [6.45, 7) is 4.25. The first-order chi connectivity index (χ1) is 17.5. The van der Waals surface area contributed by atoms with Gasteiger partial charge in [-0.3, -0.25) is 4.79 Å². The SMILES string of the molecule is CN1CCN(c2ccc(-c3cnc4[nH]cc(-c5ccc(C(=O)N6CC(O)C6)cc5)c4c3)cc2F)CC1. The van der Waals surface area contributed by atoms with Crippen LogP contribution in [0.15, 0.2) is 60.9 Å². The van der Waals surface area contributed by atoms with Crippen molar-refractivity contribution in [2.24, 2.45) is 0 Å². The Morgan fingerprint density at radius 3 is 2.42 bits per heavy atom. The number of pyridine rings is 1. The molecule has 2 fully saturated rings. The molecule has 6 rings (SSSR count). The molecule has 7 nitrogen and oxygen atoms in total. The molecule has 8 heteroatoms. The molecule has 4 heterocycles. The summed E-state index contributed by atoms with van der Waals surface area (Å²) in [4.78, 5) is 26.3. The fourth-order valence-electron chi connectivity index (χ4n) is 4.99. The summed E-state index contributed by atoms with van der Waals surface area (Å²) >= 11 is 0. The lowest BCUT2D eigenvalue weighted by molar-refractivity contribution is 0.00590. The second-order valence-electron chi connectivity index (χ2n) is 9.72. The Labute approximate surface area is 208 Å². The number of nitrogens with zero attached hydrogens (tertiary/aromatic N) is 4. The van der Waals surface area contributed by atoms with Crippen LogP contribution in [-0.4, -0.2) is 83.2 Å². The van der Waals surface area contributed by atoms with Crippen molar-refractivity contribution >= 4 is 22.6 Å². The summed E-state index contributed by atoms with van der Waals surface area (Å²) in [6.07, 6.45) is 3.25.